The Morgan fingerprint density at radius 1 is 1.50 bits per heavy atom. The molecule has 2 heterocycles. The highest BCUT2D eigenvalue weighted by atomic mass is 16.2. The van der Waals surface area contributed by atoms with Crippen molar-refractivity contribution in [2.45, 2.75) is 18.9 Å². The Morgan fingerprint density at radius 3 is 3.20 bits per heavy atom. The second-order valence-corrected chi connectivity index (χ2v) is 3.08. The Bertz CT molecular complexity index is 158. The Labute approximate surface area is 60.2 Å². The molecule has 2 saturated heterocycles. The molecule has 0 spiro atoms. The maximum atomic E-state index is 11.0. The first kappa shape index (κ1) is 6.16. The minimum atomic E-state index is 0.133. The van der Waals surface area contributed by atoms with E-state index in [0.717, 1.165) is 13.1 Å². The van der Waals surface area contributed by atoms with Crippen molar-refractivity contribution in [3.63, 3.8) is 0 Å². The van der Waals surface area contributed by atoms with Gasteiger partial charge in [0, 0.05) is 12.5 Å². The predicted octanol–water partition coefficient (Wildman–Crippen LogP) is -0.516. The number of amides is 1. The zero-order chi connectivity index (χ0) is 6.97. The zero-order valence-corrected chi connectivity index (χ0v) is 5.89. The fourth-order valence-electron chi connectivity index (χ4n) is 1.82. The summed E-state index contributed by atoms with van der Waals surface area (Å²) in [5.74, 6) is 0.769. The highest BCUT2D eigenvalue weighted by Gasteiger charge is 2.35. The molecule has 2 N–H and O–H groups in total. The summed E-state index contributed by atoms with van der Waals surface area (Å²) in [5, 5.41) is 6.08. The zero-order valence-electron chi connectivity index (χ0n) is 5.89. The minimum Gasteiger partial charge on any atom is -0.354 e. The van der Waals surface area contributed by atoms with Crippen LogP contribution < -0.4 is 10.6 Å². The number of carbonyl (C=O) groups excluding carboxylic acids is 1. The molecule has 2 atom stereocenters. The molecule has 2 fully saturated rings. The molecule has 0 bridgehead atoms. The topological polar surface area (TPSA) is 41.1 Å². The lowest BCUT2D eigenvalue weighted by atomic mass is 9.94. The fourth-order valence-corrected chi connectivity index (χ4v) is 1.82. The summed E-state index contributed by atoms with van der Waals surface area (Å²) < 4.78 is 0. The van der Waals surface area contributed by atoms with E-state index in [4.69, 9.17) is 0 Å². The smallest absolute Gasteiger partial charge is 0.237 e. The lowest BCUT2D eigenvalue weighted by molar-refractivity contribution is -0.121. The number of piperidine rings is 1. The van der Waals surface area contributed by atoms with Crippen molar-refractivity contribution in [3.05, 3.63) is 0 Å². The van der Waals surface area contributed by atoms with Gasteiger partial charge in [0.15, 0.2) is 0 Å². The number of hydrogen-bond donors (Lipinski definition) is 2. The number of nitrogens with one attached hydrogen (secondary N) is 2. The maximum Gasteiger partial charge on any atom is 0.237 e. The first-order valence-corrected chi connectivity index (χ1v) is 3.89. The van der Waals surface area contributed by atoms with Crippen LogP contribution in [0.2, 0.25) is 0 Å². The Kier molecular flexibility index (Phi) is 1.38. The average molecular weight is 140 g/mol. The molecule has 0 saturated carbocycles. The van der Waals surface area contributed by atoms with Gasteiger partial charge in [0.05, 0.1) is 6.04 Å². The van der Waals surface area contributed by atoms with Crippen molar-refractivity contribution < 1.29 is 4.79 Å². The van der Waals surface area contributed by atoms with Crippen molar-refractivity contribution in [3.8, 4) is 0 Å². The third-order valence-corrected chi connectivity index (χ3v) is 2.41. The summed E-state index contributed by atoms with van der Waals surface area (Å²) in [6.07, 6.45) is 2.42. The SMILES string of the molecule is O=C1NC[C@H]2CCCN[C@@H]12. The molecule has 3 heteroatoms. The van der Waals surface area contributed by atoms with Crippen LogP contribution in [-0.2, 0) is 4.79 Å². The van der Waals surface area contributed by atoms with Crippen molar-refractivity contribution in [1.82, 2.24) is 10.6 Å². The van der Waals surface area contributed by atoms with E-state index in [9.17, 15) is 4.79 Å². The van der Waals surface area contributed by atoms with Crippen LogP contribution in [0, 0.1) is 5.92 Å². The molecule has 0 radical (unpaired) electrons. The first-order chi connectivity index (χ1) is 4.88. The van der Waals surface area contributed by atoms with Crippen molar-refractivity contribution in [2.24, 2.45) is 5.92 Å². The quantitative estimate of drug-likeness (QED) is 0.475. The Hall–Kier alpha value is -0.570. The van der Waals surface area contributed by atoms with E-state index in [2.05, 4.69) is 10.6 Å². The molecule has 0 unspecified atom stereocenters. The summed E-state index contributed by atoms with van der Waals surface area (Å²) in [5.41, 5.74) is 0. The molecular formula is C7H12N2O. The lowest BCUT2D eigenvalue weighted by Gasteiger charge is -2.23. The van der Waals surface area contributed by atoms with Crippen LogP contribution in [0.4, 0.5) is 0 Å². The van der Waals surface area contributed by atoms with Gasteiger partial charge in [0.25, 0.3) is 0 Å². The minimum absolute atomic E-state index is 0.133. The van der Waals surface area contributed by atoms with Crippen LogP contribution >= 0.6 is 0 Å². The van der Waals surface area contributed by atoms with Gasteiger partial charge in [-0.3, -0.25) is 4.79 Å². The van der Waals surface area contributed by atoms with Crippen LogP contribution in [0.15, 0.2) is 0 Å². The standard InChI is InChI=1S/C7H12N2O/c10-7-6-5(4-9-7)2-1-3-8-6/h5-6,8H,1-4H2,(H,9,10)/t5-,6-/m1/s1. The molecule has 3 nitrogen and oxygen atoms in total. The molecule has 0 aliphatic carbocycles. The van der Waals surface area contributed by atoms with Crippen LogP contribution in [-0.4, -0.2) is 25.0 Å². The summed E-state index contributed by atoms with van der Waals surface area (Å²) in [6, 6.07) is 0.133. The predicted molar refractivity (Wildman–Crippen MR) is 37.5 cm³/mol. The normalized spacial score (nSPS) is 39.0. The lowest BCUT2D eigenvalue weighted by Crippen LogP contribution is -2.43. The van der Waals surface area contributed by atoms with E-state index in [-0.39, 0.29) is 11.9 Å². The van der Waals surface area contributed by atoms with Crippen molar-refractivity contribution >= 4 is 5.91 Å². The van der Waals surface area contributed by atoms with Gasteiger partial charge in [0.1, 0.15) is 0 Å². The van der Waals surface area contributed by atoms with E-state index < -0.39 is 0 Å². The largest absolute Gasteiger partial charge is 0.354 e. The third-order valence-electron chi connectivity index (χ3n) is 2.41. The van der Waals surface area contributed by atoms with Gasteiger partial charge in [-0.2, -0.15) is 0 Å². The Morgan fingerprint density at radius 2 is 2.40 bits per heavy atom. The van der Waals surface area contributed by atoms with Crippen molar-refractivity contribution in [2.75, 3.05) is 13.1 Å². The van der Waals surface area contributed by atoms with E-state index >= 15 is 0 Å². The van der Waals surface area contributed by atoms with Crippen LogP contribution in [0.25, 0.3) is 0 Å². The summed E-state index contributed by atoms with van der Waals surface area (Å²) in [6.45, 7) is 1.89. The van der Waals surface area contributed by atoms with E-state index in [1.54, 1.807) is 0 Å². The summed E-state index contributed by atoms with van der Waals surface area (Å²) >= 11 is 0. The van der Waals surface area contributed by atoms with Crippen LogP contribution in [0.3, 0.4) is 0 Å². The molecule has 2 rings (SSSR count). The van der Waals surface area contributed by atoms with Gasteiger partial charge in [0.2, 0.25) is 5.91 Å². The highest BCUT2D eigenvalue weighted by molar-refractivity contribution is 5.84. The highest BCUT2D eigenvalue weighted by Crippen LogP contribution is 2.19. The monoisotopic (exact) mass is 140 g/mol. The number of hydrogen-bond acceptors (Lipinski definition) is 2. The van der Waals surface area contributed by atoms with E-state index in [1.807, 2.05) is 0 Å². The van der Waals surface area contributed by atoms with Gasteiger partial charge < -0.3 is 10.6 Å². The maximum absolute atomic E-state index is 11.0. The molecule has 2 aliphatic rings. The first-order valence-electron chi connectivity index (χ1n) is 3.89. The second-order valence-electron chi connectivity index (χ2n) is 3.08. The van der Waals surface area contributed by atoms with E-state index in [1.165, 1.54) is 12.8 Å². The van der Waals surface area contributed by atoms with Crippen LogP contribution in [0.1, 0.15) is 12.8 Å². The van der Waals surface area contributed by atoms with Gasteiger partial charge in [-0.05, 0) is 19.4 Å². The van der Waals surface area contributed by atoms with E-state index in [0.29, 0.717) is 5.92 Å². The van der Waals surface area contributed by atoms with Gasteiger partial charge >= 0.3 is 0 Å². The molecule has 56 valence electrons. The number of fused-ring (bicyclic) bond motifs is 1. The molecule has 10 heavy (non-hydrogen) atoms. The van der Waals surface area contributed by atoms with Gasteiger partial charge in [-0.25, -0.2) is 0 Å². The Balaban J connectivity index is 2.08. The van der Waals surface area contributed by atoms with Crippen molar-refractivity contribution in [1.29, 1.82) is 0 Å². The van der Waals surface area contributed by atoms with Gasteiger partial charge in [-0.1, -0.05) is 0 Å². The summed E-state index contributed by atoms with van der Waals surface area (Å²) in [4.78, 5) is 11.0. The van der Waals surface area contributed by atoms with Gasteiger partial charge in [-0.15, -0.1) is 0 Å². The number of carbonyl (C=O) groups is 1. The molecule has 0 aromatic rings. The third kappa shape index (κ3) is 0.814. The second kappa shape index (κ2) is 2.23. The molecule has 1 amide bonds. The molecule has 0 aromatic carbocycles. The van der Waals surface area contributed by atoms with Crippen LogP contribution in [0.5, 0.6) is 0 Å². The average Bonchev–Trinajstić information content (AvgIpc) is 2.34. The number of rotatable bonds is 0. The fraction of sp³-hybridized carbons (Fsp3) is 0.857. The summed E-state index contributed by atoms with van der Waals surface area (Å²) in [7, 11) is 0. The molecule has 2 aliphatic heterocycles. The molecular weight excluding hydrogens is 128 g/mol. The molecule has 0 aromatic heterocycles.